The largest absolute Gasteiger partial charge is 0.504 e. The summed E-state index contributed by atoms with van der Waals surface area (Å²) in [6.45, 7) is 0.0249. The number of nitrogens with zero attached hydrogens (tertiary/aromatic N) is 3. The van der Waals surface area contributed by atoms with Crippen molar-refractivity contribution in [1.29, 1.82) is 0 Å². The Morgan fingerprint density at radius 3 is 2.15 bits per heavy atom. The first kappa shape index (κ1) is 29.4. The number of carbonyl (C=O) groups is 2. The van der Waals surface area contributed by atoms with Gasteiger partial charge in [0, 0.05) is 13.1 Å². The maximum atomic E-state index is 14.4. The average Bonchev–Trinajstić information content (AvgIpc) is 2.93. The third kappa shape index (κ3) is 7.93. The van der Waals surface area contributed by atoms with Crippen molar-refractivity contribution >= 4 is 17.8 Å². The Bertz CT molecular complexity index is 1300. The van der Waals surface area contributed by atoms with Gasteiger partial charge in [0.2, 0.25) is 11.8 Å². The van der Waals surface area contributed by atoms with E-state index < -0.39 is 22.9 Å². The van der Waals surface area contributed by atoms with Crippen molar-refractivity contribution in [3.63, 3.8) is 0 Å². The summed E-state index contributed by atoms with van der Waals surface area (Å²) in [5.41, 5.74) is 15.1. The highest BCUT2D eigenvalue weighted by Crippen LogP contribution is 2.31. The molecular formula is C28H32N6O6. The van der Waals surface area contributed by atoms with Crippen LogP contribution in [-0.4, -0.2) is 52.5 Å². The van der Waals surface area contributed by atoms with Gasteiger partial charge in [-0.3, -0.25) is 9.59 Å². The number of carbonyl (C=O) groups excluding carboxylic acids is 2. The highest BCUT2D eigenvalue weighted by atomic mass is 16.7. The molecule has 0 radical (unpaired) electrons. The molecule has 12 nitrogen and oxygen atoms in total. The number of methoxy groups -OCH3 is 1. The number of primary amides is 1. The van der Waals surface area contributed by atoms with Gasteiger partial charge in [-0.2, -0.15) is 0 Å². The molecule has 0 spiro atoms. The van der Waals surface area contributed by atoms with E-state index in [1.807, 2.05) is 60.7 Å². The number of hydrogen-bond acceptors (Lipinski definition) is 7. The molecule has 0 aliphatic rings. The van der Waals surface area contributed by atoms with Crippen molar-refractivity contribution in [2.24, 2.45) is 16.5 Å². The fourth-order valence-corrected chi connectivity index (χ4v) is 4.37. The van der Waals surface area contributed by atoms with E-state index in [9.17, 15) is 24.8 Å². The highest BCUT2D eigenvalue weighted by molar-refractivity contribution is 5.92. The van der Waals surface area contributed by atoms with Crippen LogP contribution in [0.1, 0.15) is 35.4 Å². The van der Waals surface area contributed by atoms with E-state index in [4.69, 9.17) is 16.2 Å². The molecular weight excluding hydrogens is 516 g/mol. The summed E-state index contributed by atoms with van der Waals surface area (Å²) >= 11 is 0. The monoisotopic (exact) mass is 548 g/mol. The third-order valence-corrected chi connectivity index (χ3v) is 6.22. The molecule has 6 N–H and O–H groups in total. The van der Waals surface area contributed by atoms with E-state index >= 15 is 0 Å². The molecule has 3 aromatic carbocycles. The zero-order chi connectivity index (χ0) is 29.1. The Balaban J connectivity index is 1.99. The molecule has 3 rings (SSSR count). The molecule has 0 fully saturated rings. The Morgan fingerprint density at radius 1 is 1.05 bits per heavy atom. The summed E-state index contributed by atoms with van der Waals surface area (Å²) in [5.74, 6) is -2.07. The number of guanidine groups is 1. The molecule has 40 heavy (non-hydrogen) atoms. The zero-order valence-electron chi connectivity index (χ0n) is 22.0. The number of hydrogen-bond donors (Lipinski definition) is 4. The van der Waals surface area contributed by atoms with Gasteiger partial charge in [0.1, 0.15) is 6.04 Å². The lowest BCUT2D eigenvalue weighted by Crippen LogP contribution is -2.49. The Hall–Kier alpha value is -5.13. The standard InChI is InChI=1S/C28H32N6O6/c1-40-24-15-14-19(17-23(24)35)18-33(22(26(29)36)13-8-16-31-28(30)32-34(38)39)27(37)25(20-9-4-2-5-10-20)21-11-6-3-7-12-21/h2-7,9-12,14-15,17,22,25,35H,8,13,16,18H2,1H3,(H2,29,36)(H3,30,31,32)/t22-/m0/s1. The second-order valence-electron chi connectivity index (χ2n) is 8.92. The first-order chi connectivity index (χ1) is 19.2. The van der Waals surface area contributed by atoms with Crippen LogP contribution < -0.4 is 21.6 Å². The van der Waals surface area contributed by atoms with Gasteiger partial charge in [-0.05, 0) is 41.7 Å². The summed E-state index contributed by atoms with van der Waals surface area (Å²) in [7, 11) is 1.43. The van der Waals surface area contributed by atoms with E-state index in [1.165, 1.54) is 18.1 Å². The Labute approximate surface area is 231 Å². The first-order valence-electron chi connectivity index (χ1n) is 12.5. The van der Waals surface area contributed by atoms with E-state index in [2.05, 4.69) is 4.99 Å². The minimum absolute atomic E-state index is 0.0333. The number of nitrogens with one attached hydrogen (secondary N) is 1. The molecule has 0 saturated heterocycles. The normalized spacial score (nSPS) is 12.0. The number of benzene rings is 3. The van der Waals surface area contributed by atoms with Gasteiger partial charge in [-0.1, -0.05) is 72.2 Å². The number of nitro groups is 1. The van der Waals surface area contributed by atoms with Crippen LogP contribution in [0, 0.1) is 10.1 Å². The smallest absolute Gasteiger partial charge is 0.251 e. The summed E-state index contributed by atoms with van der Waals surface area (Å²) in [6, 6.07) is 22.0. The average molecular weight is 549 g/mol. The number of phenols is 1. The topological polar surface area (TPSA) is 186 Å². The first-order valence-corrected chi connectivity index (χ1v) is 12.5. The molecule has 0 bridgehead atoms. The molecule has 3 aromatic rings. The Kier molecular flexibility index (Phi) is 10.4. The number of rotatable bonds is 13. The number of aliphatic imine (C=N–C) groups is 1. The molecule has 0 aromatic heterocycles. The minimum Gasteiger partial charge on any atom is -0.504 e. The lowest BCUT2D eigenvalue weighted by atomic mass is 9.89. The third-order valence-electron chi connectivity index (χ3n) is 6.22. The van der Waals surface area contributed by atoms with Crippen LogP contribution in [0.15, 0.2) is 83.9 Å². The van der Waals surface area contributed by atoms with Crippen LogP contribution >= 0.6 is 0 Å². The second-order valence-corrected chi connectivity index (χ2v) is 8.92. The van der Waals surface area contributed by atoms with E-state index in [0.717, 1.165) is 11.1 Å². The summed E-state index contributed by atoms with van der Waals surface area (Å²) in [5, 5.41) is 20.1. The molecule has 1 atom stereocenters. The number of phenolic OH excluding ortho intramolecular Hbond substituents is 1. The van der Waals surface area contributed by atoms with Crippen molar-refractivity contribution in [1.82, 2.24) is 10.3 Å². The maximum absolute atomic E-state index is 14.4. The molecule has 210 valence electrons. The second kappa shape index (κ2) is 14.1. The molecule has 0 heterocycles. The van der Waals surface area contributed by atoms with Crippen molar-refractivity contribution in [2.75, 3.05) is 13.7 Å². The lowest BCUT2D eigenvalue weighted by Gasteiger charge is -2.33. The predicted octanol–water partition coefficient (Wildman–Crippen LogP) is 2.29. The maximum Gasteiger partial charge on any atom is 0.251 e. The van der Waals surface area contributed by atoms with Gasteiger partial charge in [-0.15, -0.1) is 0 Å². The van der Waals surface area contributed by atoms with Gasteiger partial charge in [0.15, 0.2) is 16.5 Å². The van der Waals surface area contributed by atoms with Crippen LogP contribution in [0.3, 0.4) is 0 Å². The molecule has 0 saturated carbocycles. The zero-order valence-corrected chi connectivity index (χ0v) is 22.0. The number of ether oxygens (including phenoxy) is 1. The van der Waals surface area contributed by atoms with Crippen molar-refractivity contribution in [2.45, 2.75) is 31.3 Å². The van der Waals surface area contributed by atoms with Gasteiger partial charge < -0.3 is 26.2 Å². The van der Waals surface area contributed by atoms with E-state index in [-0.39, 0.29) is 49.3 Å². The quantitative estimate of drug-likeness (QED) is 0.0823. The number of aromatic hydroxyl groups is 1. The van der Waals surface area contributed by atoms with Gasteiger partial charge in [0.25, 0.3) is 5.96 Å². The van der Waals surface area contributed by atoms with Crippen molar-refractivity contribution in [3.8, 4) is 11.5 Å². The van der Waals surface area contributed by atoms with Crippen LogP contribution in [0.4, 0.5) is 0 Å². The predicted molar refractivity (Wildman–Crippen MR) is 149 cm³/mol. The number of hydrazine groups is 1. The number of nitrogens with two attached hydrogens (primary N) is 2. The van der Waals surface area contributed by atoms with Crippen LogP contribution in [-0.2, 0) is 16.1 Å². The van der Waals surface area contributed by atoms with Gasteiger partial charge in [-0.25, -0.2) is 15.1 Å². The van der Waals surface area contributed by atoms with Crippen LogP contribution in [0.2, 0.25) is 0 Å². The van der Waals surface area contributed by atoms with Crippen molar-refractivity contribution in [3.05, 3.63) is 106 Å². The summed E-state index contributed by atoms with van der Waals surface area (Å²) in [6.07, 6.45) is 0.376. The molecule has 0 unspecified atom stereocenters. The molecule has 0 aliphatic carbocycles. The SMILES string of the molecule is COc1ccc(CN(C(=O)C(c2ccccc2)c2ccccc2)[C@@H](CCCN=C(N)N[N+](=O)[O-])C(N)=O)cc1O. The lowest BCUT2D eigenvalue weighted by molar-refractivity contribution is -0.525. The van der Waals surface area contributed by atoms with E-state index in [0.29, 0.717) is 5.56 Å². The molecule has 2 amide bonds. The number of amides is 2. The van der Waals surface area contributed by atoms with Crippen molar-refractivity contribution < 1.29 is 24.5 Å². The molecule has 12 heteroatoms. The fourth-order valence-electron chi connectivity index (χ4n) is 4.37. The van der Waals surface area contributed by atoms with Gasteiger partial charge in [0.05, 0.1) is 13.0 Å². The van der Waals surface area contributed by atoms with Gasteiger partial charge >= 0.3 is 0 Å². The van der Waals surface area contributed by atoms with E-state index in [1.54, 1.807) is 17.6 Å². The fraction of sp³-hybridized carbons (Fsp3) is 0.250. The molecule has 0 aliphatic heterocycles. The van der Waals surface area contributed by atoms with Crippen LogP contribution in [0.25, 0.3) is 0 Å². The summed E-state index contributed by atoms with van der Waals surface area (Å²) < 4.78 is 5.13. The summed E-state index contributed by atoms with van der Waals surface area (Å²) in [4.78, 5) is 43.0. The van der Waals surface area contributed by atoms with Crippen LogP contribution in [0.5, 0.6) is 11.5 Å². The highest BCUT2D eigenvalue weighted by Gasteiger charge is 2.34. The minimum atomic E-state index is -1.05. The Morgan fingerprint density at radius 2 is 1.65 bits per heavy atom.